The third-order valence-electron chi connectivity index (χ3n) is 3.71. The molecule has 3 rings (SSSR count). The predicted molar refractivity (Wildman–Crippen MR) is 83.7 cm³/mol. The molecular formula is C16H18N2O2S. The lowest BCUT2D eigenvalue weighted by atomic mass is 10.1. The Hall–Kier alpha value is -1.85. The van der Waals surface area contributed by atoms with E-state index in [1.807, 2.05) is 11.3 Å². The summed E-state index contributed by atoms with van der Waals surface area (Å²) in [5.74, 6) is -0.0252. The molecule has 0 bridgehead atoms. The number of hydrogen-bond donors (Lipinski definition) is 2. The van der Waals surface area contributed by atoms with E-state index >= 15 is 0 Å². The van der Waals surface area contributed by atoms with Gasteiger partial charge < -0.3 is 10.4 Å². The highest BCUT2D eigenvalue weighted by molar-refractivity contribution is 7.10. The summed E-state index contributed by atoms with van der Waals surface area (Å²) in [4.78, 5) is 15.8. The number of thiophene rings is 1. The average Bonchev–Trinajstić information content (AvgIpc) is 2.94. The highest BCUT2D eigenvalue weighted by Crippen LogP contribution is 2.23. The molecule has 0 spiro atoms. The van der Waals surface area contributed by atoms with E-state index < -0.39 is 0 Å². The summed E-state index contributed by atoms with van der Waals surface area (Å²) in [6.45, 7) is 3.49. The highest BCUT2D eigenvalue weighted by Gasteiger charge is 2.16. The average molecular weight is 302 g/mol. The molecule has 21 heavy (non-hydrogen) atoms. The standard InChI is InChI=1S/C16H18N2O2S/c19-14-3-1-2-12(10-14)16(20)17-6-8-18-7-4-15-13(11-18)5-9-21-15/h1-3,5,9-10,19H,4,6-8,11H2,(H,17,20). The zero-order valence-electron chi connectivity index (χ0n) is 11.7. The maximum absolute atomic E-state index is 12.0. The lowest BCUT2D eigenvalue weighted by Gasteiger charge is -2.26. The van der Waals surface area contributed by atoms with Crippen LogP contribution in [0.2, 0.25) is 0 Å². The third kappa shape index (κ3) is 3.43. The van der Waals surface area contributed by atoms with E-state index in [-0.39, 0.29) is 11.7 Å². The summed E-state index contributed by atoms with van der Waals surface area (Å²) < 4.78 is 0. The number of fused-ring (bicyclic) bond motifs is 1. The van der Waals surface area contributed by atoms with Crippen molar-refractivity contribution in [2.75, 3.05) is 19.6 Å². The second-order valence-electron chi connectivity index (χ2n) is 5.20. The van der Waals surface area contributed by atoms with Crippen molar-refractivity contribution in [3.8, 4) is 5.75 Å². The van der Waals surface area contributed by atoms with Crippen LogP contribution in [0.15, 0.2) is 35.7 Å². The fourth-order valence-electron chi connectivity index (χ4n) is 2.57. The Bertz CT molecular complexity index is 639. The van der Waals surface area contributed by atoms with Crippen molar-refractivity contribution in [2.24, 2.45) is 0 Å². The smallest absolute Gasteiger partial charge is 0.251 e. The van der Waals surface area contributed by atoms with Gasteiger partial charge in [-0.15, -0.1) is 11.3 Å². The van der Waals surface area contributed by atoms with Gasteiger partial charge in [0.15, 0.2) is 0 Å². The van der Waals surface area contributed by atoms with E-state index in [9.17, 15) is 9.90 Å². The normalized spacial score (nSPS) is 14.7. The Morgan fingerprint density at radius 2 is 2.29 bits per heavy atom. The van der Waals surface area contributed by atoms with Crippen LogP contribution in [0.4, 0.5) is 0 Å². The molecule has 5 heteroatoms. The molecule has 0 fully saturated rings. The summed E-state index contributed by atoms with van der Waals surface area (Å²) >= 11 is 1.83. The molecule has 0 saturated heterocycles. The van der Waals surface area contributed by atoms with E-state index in [0.717, 1.165) is 26.1 Å². The lowest BCUT2D eigenvalue weighted by Crippen LogP contribution is -2.37. The Labute approximate surface area is 128 Å². The number of hydrogen-bond acceptors (Lipinski definition) is 4. The van der Waals surface area contributed by atoms with E-state index in [2.05, 4.69) is 21.7 Å². The van der Waals surface area contributed by atoms with Gasteiger partial charge in [0, 0.05) is 36.6 Å². The molecule has 1 aromatic carbocycles. The molecule has 1 aromatic heterocycles. The Kier molecular flexibility index (Phi) is 4.22. The number of phenolic OH excluding ortho intramolecular Hbond substituents is 1. The fourth-order valence-corrected chi connectivity index (χ4v) is 3.46. The van der Waals surface area contributed by atoms with Crippen molar-refractivity contribution in [1.29, 1.82) is 0 Å². The molecule has 0 aliphatic carbocycles. The molecule has 0 unspecified atom stereocenters. The Balaban J connectivity index is 1.47. The highest BCUT2D eigenvalue weighted by atomic mass is 32.1. The van der Waals surface area contributed by atoms with Crippen LogP contribution in [-0.2, 0) is 13.0 Å². The minimum absolute atomic E-state index is 0.115. The number of nitrogens with one attached hydrogen (secondary N) is 1. The summed E-state index contributed by atoms with van der Waals surface area (Å²) in [6.07, 6.45) is 1.10. The van der Waals surface area contributed by atoms with Gasteiger partial charge in [-0.3, -0.25) is 9.69 Å². The quantitative estimate of drug-likeness (QED) is 0.911. The van der Waals surface area contributed by atoms with E-state index in [4.69, 9.17) is 0 Å². The molecule has 2 aromatic rings. The first-order valence-corrected chi connectivity index (χ1v) is 7.95. The monoisotopic (exact) mass is 302 g/mol. The molecule has 0 saturated carbocycles. The second kappa shape index (κ2) is 6.28. The maximum atomic E-state index is 12.0. The first-order valence-electron chi connectivity index (χ1n) is 7.07. The van der Waals surface area contributed by atoms with Crippen molar-refractivity contribution < 1.29 is 9.90 Å². The zero-order chi connectivity index (χ0) is 14.7. The molecule has 2 N–H and O–H groups in total. The number of rotatable bonds is 4. The van der Waals surface area contributed by atoms with Gasteiger partial charge in [0.1, 0.15) is 5.75 Å². The summed E-state index contributed by atoms with van der Waals surface area (Å²) in [6, 6.07) is 8.61. The van der Waals surface area contributed by atoms with Gasteiger partial charge in [-0.25, -0.2) is 0 Å². The first kappa shape index (κ1) is 14.1. The molecule has 1 aliphatic heterocycles. The number of aromatic hydroxyl groups is 1. The van der Waals surface area contributed by atoms with Crippen LogP contribution in [0.1, 0.15) is 20.8 Å². The number of nitrogens with zero attached hydrogens (tertiary/aromatic N) is 1. The Morgan fingerprint density at radius 3 is 3.14 bits per heavy atom. The van der Waals surface area contributed by atoms with E-state index in [1.54, 1.807) is 18.2 Å². The van der Waals surface area contributed by atoms with Gasteiger partial charge in [0.25, 0.3) is 5.91 Å². The summed E-state index contributed by atoms with van der Waals surface area (Å²) in [7, 11) is 0. The minimum atomic E-state index is -0.140. The van der Waals surface area contributed by atoms with Crippen LogP contribution in [0, 0.1) is 0 Å². The van der Waals surface area contributed by atoms with Crippen molar-refractivity contribution in [1.82, 2.24) is 10.2 Å². The van der Waals surface area contributed by atoms with Crippen LogP contribution in [-0.4, -0.2) is 35.5 Å². The van der Waals surface area contributed by atoms with E-state index in [0.29, 0.717) is 12.1 Å². The van der Waals surface area contributed by atoms with Crippen molar-refractivity contribution >= 4 is 17.2 Å². The largest absolute Gasteiger partial charge is 0.508 e. The van der Waals surface area contributed by atoms with Gasteiger partial charge in [0.05, 0.1) is 0 Å². The van der Waals surface area contributed by atoms with Crippen LogP contribution >= 0.6 is 11.3 Å². The molecule has 4 nitrogen and oxygen atoms in total. The third-order valence-corrected chi connectivity index (χ3v) is 4.73. The van der Waals surface area contributed by atoms with Crippen LogP contribution in [0.3, 0.4) is 0 Å². The molecule has 0 radical (unpaired) electrons. The van der Waals surface area contributed by atoms with Gasteiger partial charge in [-0.1, -0.05) is 6.07 Å². The van der Waals surface area contributed by atoms with Crippen molar-refractivity contribution in [3.63, 3.8) is 0 Å². The Morgan fingerprint density at radius 1 is 1.38 bits per heavy atom. The number of phenols is 1. The van der Waals surface area contributed by atoms with Gasteiger partial charge >= 0.3 is 0 Å². The van der Waals surface area contributed by atoms with Crippen molar-refractivity contribution in [2.45, 2.75) is 13.0 Å². The fraction of sp³-hybridized carbons (Fsp3) is 0.312. The van der Waals surface area contributed by atoms with Gasteiger partial charge in [0.2, 0.25) is 0 Å². The zero-order valence-corrected chi connectivity index (χ0v) is 12.5. The molecule has 2 heterocycles. The summed E-state index contributed by atoms with van der Waals surface area (Å²) in [5.41, 5.74) is 1.92. The van der Waals surface area contributed by atoms with Crippen LogP contribution < -0.4 is 5.32 Å². The minimum Gasteiger partial charge on any atom is -0.508 e. The first-order chi connectivity index (χ1) is 10.2. The molecule has 1 amide bonds. The van der Waals surface area contributed by atoms with Crippen molar-refractivity contribution in [3.05, 3.63) is 51.7 Å². The number of amides is 1. The predicted octanol–water partition coefficient (Wildman–Crippen LogP) is 2.24. The number of carbonyl (C=O) groups is 1. The van der Waals surface area contributed by atoms with Crippen LogP contribution in [0.25, 0.3) is 0 Å². The molecule has 0 atom stereocenters. The topological polar surface area (TPSA) is 52.6 Å². The molecular weight excluding hydrogens is 284 g/mol. The SMILES string of the molecule is O=C(NCCN1CCc2sccc2C1)c1cccc(O)c1. The molecule has 110 valence electrons. The molecule has 1 aliphatic rings. The maximum Gasteiger partial charge on any atom is 0.251 e. The van der Waals surface area contributed by atoms with Gasteiger partial charge in [-0.2, -0.15) is 0 Å². The second-order valence-corrected chi connectivity index (χ2v) is 6.20. The number of benzene rings is 1. The van der Waals surface area contributed by atoms with E-state index in [1.165, 1.54) is 16.5 Å². The summed E-state index contributed by atoms with van der Waals surface area (Å²) in [5, 5.41) is 14.4. The number of carbonyl (C=O) groups excluding carboxylic acids is 1. The van der Waals surface area contributed by atoms with Gasteiger partial charge in [-0.05, 0) is 41.6 Å². The lowest BCUT2D eigenvalue weighted by molar-refractivity contribution is 0.0947. The van der Waals surface area contributed by atoms with Crippen LogP contribution in [0.5, 0.6) is 5.75 Å².